The van der Waals surface area contributed by atoms with E-state index in [0.717, 1.165) is 23.1 Å². The number of ether oxygens (including phenoxy) is 1. The van der Waals surface area contributed by atoms with E-state index < -0.39 is 0 Å². The quantitative estimate of drug-likeness (QED) is 0.631. The smallest absolute Gasteiger partial charge is 0.137 e. The number of hydrogen-bond donors (Lipinski definition) is 2. The standard InChI is InChI=1S/C14H21N3O/c1-18-12-6-11(7-16-8-12)14(17-15)13-5-9-2-3-10(13)4-9/h6-10,13-14,17H,2-5,15H2,1H3. The van der Waals surface area contributed by atoms with Gasteiger partial charge in [0.2, 0.25) is 0 Å². The van der Waals surface area contributed by atoms with Crippen molar-refractivity contribution in [3.05, 3.63) is 24.0 Å². The second kappa shape index (κ2) is 4.86. The average molecular weight is 247 g/mol. The molecule has 4 unspecified atom stereocenters. The number of methoxy groups -OCH3 is 1. The molecule has 2 fully saturated rings. The van der Waals surface area contributed by atoms with Crippen molar-refractivity contribution in [1.82, 2.24) is 10.4 Å². The van der Waals surface area contributed by atoms with Crippen molar-refractivity contribution in [3.8, 4) is 5.75 Å². The first-order chi connectivity index (χ1) is 8.81. The third-order valence-corrected chi connectivity index (χ3v) is 4.73. The maximum Gasteiger partial charge on any atom is 0.137 e. The molecule has 0 saturated heterocycles. The van der Waals surface area contributed by atoms with Crippen molar-refractivity contribution < 1.29 is 4.74 Å². The van der Waals surface area contributed by atoms with Crippen molar-refractivity contribution >= 4 is 0 Å². The fraction of sp³-hybridized carbons (Fsp3) is 0.643. The first-order valence-corrected chi connectivity index (χ1v) is 6.77. The van der Waals surface area contributed by atoms with Gasteiger partial charge >= 0.3 is 0 Å². The van der Waals surface area contributed by atoms with Crippen molar-refractivity contribution in [2.75, 3.05) is 7.11 Å². The van der Waals surface area contributed by atoms with Gasteiger partial charge in [-0.05, 0) is 48.6 Å². The van der Waals surface area contributed by atoms with Crippen molar-refractivity contribution in [2.45, 2.75) is 31.7 Å². The Morgan fingerprint density at radius 2 is 2.28 bits per heavy atom. The topological polar surface area (TPSA) is 60.2 Å². The van der Waals surface area contributed by atoms with E-state index in [-0.39, 0.29) is 6.04 Å². The molecular weight excluding hydrogens is 226 g/mol. The van der Waals surface area contributed by atoms with Gasteiger partial charge in [0.05, 0.1) is 19.3 Å². The number of nitrogens with zero attached hydrogens (tertiary/aromatic N) is 1. The minimum Gasteiger partial charge on any atom is -0.495 e. The van der Waals surface area contributed by atoms with Crippen molar-refractivity contribution in [2.24, 2.45) is 23.6 Å². The fourth-order valence-electron chi connectivity index (χ4n) is 3.89. The number of pyridine rings is 1. The molecule has 1 heterocycles. The molecule has 0 amide bonds. The van der Waals surface area contributed by atoms with E-state index in [1.807, 2.05) is 12.3 Å². The molecule has 4 heteroatoms. The van der Waals surface area contributed by atoms with Crippen LogP contribution in [0.2, 0.25) is 0 Å². The lowest BCUT2D eigenvalue weighted by Crippen LogP contribution is -2.35. The zero-order valence-electron chi connectivity index (χ0n) is 10.8. The molecule has 1 aromatic rings. The first-order valence-electron chi connectivity index (χ1n) is 6.77. The third kappa shape index (κ3) is 1.99. The summed E-state index contributed by atoms with van der Waals surface area (Å²) in [7, 11) is 1.67. The van der Waals surface area contributed by atoms with Gasteiger partial charge in [0.15, 0.2) is 0 Å². The molecule has 0 radical (unpaired) electrons. The van der Waals surface area contributed by atoms with Crippen LogP contribution in [0.25, 0.3) is 0 Å². The zero-order chi connectivity index (χ0) is 12.5. The minimum absolute atomic E-state index is 0.211. The molecule has 3 N–H and O–H groups in total. The van der Waals surface area contributed by atoms with Crippen LogP contribution in [-0.4, -0.2) is 12.1 Å². The molecule has 2 bridgehead atoms. The Morgan fingerprint density at radius 1 is 1.39 bits per heavy atom. The Bertz CT molecular complexity index is 423. The maximum absolute atomic E-state index is 5.79. The lowest BCUT2D eigenvalue weighted by molar-refractivity contribution is 0.251. The Labute approximate surface area is 108 Å². The number of aromatic nitrogens is 1. The normalized spacial score (nSPS) is 31.6. The third-order valence-electron chi connectivity index (χ3n) is 4.73. The van der Waals surface area contributed by atoms with Gasteiger partial charge in [0, 0.05) is 6.20 Å². The van der Waals surface area contributed by atoms with Crippen LogP contribution in [0.1, 0.15) is 37.3 Å². The number of fused-ring (bicyclic) bond motifs is 2. The van der Waals surface area contributed by atoms with Gasteiger partial charge in [-0.2, -0.15) is 0 Å². The summed E-state index contributed by atoms with van der Waals surface area (Å²) >= 11 is 0. The Balaban J connectivity index is 1.83. The molecule has 1 aromatic heterocycles. The molecule has 2 saturated carbocycles. The molecule has 0 spiro atoms. The number of hydrogen-bond acceptors (Lipinski definition) is 4. The predicted molar refractivity (Wildman–Crippen MR) is 69.8 cm³/mol. The molecule has 3 rings (SSSR count). The summed E-state index contributed by atoms with van der Waals surface area (Å²) < 4.78 is 5.24. The Morgan fingerprint density at radius 3 is 2.89 bits per heavy atom. The fourth-order valence-corrected chi connectivity index (χ4v) is 3.89. The van der Waals surface area contributed by atoms with Crippen molar-refractivity contribution in [1.29, 1.82) is 0 Å². The van der Waals surface area contributed by atoms with E-state index in [2.05, 4.69) is 10.4 Å². The molecule has 4 atom stereocenters. The Hall–Kier alpha value is -1.13. The van der Waals surface area contributed by atoms with Gasteiger partial charge in [0.1, 0.15) is 5.75 Å². The van der Waals surface area contributed by atoms with Gasteiger partial charge in [-0.1, -0.05) is 6.42 Å². The molecule has 98 valence electrons. The predicted octanol–water partition coefficient (Wildman–Crippen LogP) is 2.03. The highest BCUT2D eigenvalue weighted by Gasteiger charge is 2.43. The molecule has 0 aromatic carbocycles. The highest BCUT2D eigenvalue weighted by molar-refractivity contribution is 5.27. The second-order valence-corrected chi connectivity index (χ2v) is 5.64. The summed E-state index contributed by atoms with van der Waals surface area (Å²) in [5, 5.41) is 0. The molecule has 2 aliphatic carbocycles. The SMILES string of the molecule is COc1cncc(C(NN)C2CC3CCC2C3)c1. The summed E-state index contributed by atoms with van der Waals surface area (Å²) in [4.78, 5) is 4.24. The highest BCUT2D eigenvalue weighted by Crippen LogP contribution is 2.52. The van der Waals surface area contributed by atoms with Gasteiger partial charge < -0.3 is 4.74 Å². The monoisotopic (exact) mass is 247 g/mol. The number of nitrogens with one attached hydrogen (secondary N) is 1. The lowest BCUT2D eigenvalue weighted by Gasteiger charge is -2.30. The number of rotatable bonds is 4. The van der Waals surface area contributed by atoms with Crippen LogP contribution in [0, 0.1) is 17.8 Å². The van der Waals surface area contributed by atoms with E-state index in [0.29, 0.717) is 5.92 Å². The zero-order valence-corrected chi connectivity index (χ0v) is 10.8. The van der Waals surface area contributed by atoms with Crippen molar-refractivity contribution in [3.63, 3.8) is 0 Å². The number of hydrazine groups is 1. The highest BCUT2D eigenvalue weighted by atomic mass is 16.5. The molecule has 0 aliphatic heterocycles. The Kier molecular flexibility index (Phi) is 3.22. The maximum atomic E-state index is 5.79. The lowest BCUT2D eigenvalue weighted by atomic mass is 9.81. The van der Waals surface area contributed by atoms with E-state index in [9.17, 15) is 0 Å². The largest absolute Gasteiger partial charge is 0.495 e. The summed E-state index contributed by atoms with van der Waals surface area (Å²) in [5.74, 6) is 9.01. The minimum atomic E-state index is 0.211. The summed E-state index contributed by atoms with van der Waals surface area (Å²) in [6, 6.07) is 2.26. The van der Waals surface area contributed by atoms with Gasteiger partial charge in [-0.15, -0.1) is 0 Å². The van der Waals surface area contributed by atoms with E-state index in [4.69, 9.17) is 10.6 Å². The molecular formula is C14H21N3O. The summed E-state index contributed by atoms with van der Waals surface area (Å²) in [6.45, 7) is 0. The van der Waals surface area contributed by atoms with Crippen LogP contribution in [0.4, 0.5) is 0 Å². The number of nitrogens with two attached hydrogens (primary N) is 1. The van der Waals surface area contributed by atoms with E-state index >= 15 is 0 Å². The second-order valence-electron chi connectivity index (χ2n) is 5.64. The molecule has 2 aliphatic rings. The van der Waals surface area contributed by atoms with Gasteiger partial charge in [-0.25, -0.2) is 0 Å². The van der Waals surface area contributed by atoms with Gasteiger partial charge in [0.25, 0.3) is 0 Å². The molecule has 18 heavy (non-hydrogen) atoms. The van der Waals surface area contributed by atoms with Crippen LogP contribution in [0.5, 0.6) is 5.75 Å². The average Bonchev–Trinajstić information content (AvgIpc) is 3.02. The van der Waals surface area contributed by atoms with Crippen LogP contribution >= 0.6 is 0 Å². The molecule has 4 nitrogen and oxygen atoms in total. The summed E-state index contributed by atoms with van der Waals surface area (Å²) in [5.41, 5.74) is 4.15. The van der Waals surface area contributed by atoms with E-state index in [1.54, 1.807) is 13.3 Å². The van der Waals surface area contributed by atoms with Gasteiger partial charge in [-0.3, -0.25) is 16.3 Å². The van der Waals surface area contributed by atoms with Crippen LogP contribution < -0.4 is 16.0 Å². The summed E-state index contributed by atoms with van der Waals surface area (Å²) in [6.07, 6.45) is 9.10. The van der Waals surface area contributed by atoms with Crippen LogP contribution in [0.15, 0.2) is 18.5 Å². The first kappa shape index (κ1) is 11.9. The van der Waals surface area contributed by atoms with Crippen LogP contribution in [-0.2, 0) is 0 Å². The van der Waals surface area contributed by atoms with E-state index in [1.165, 1.54) is 25.7 Å². The van der Waals surface area contributed by atoms with Crippen LogP contribution in [0.3, 0.4) is 0 Å².